The Hall–Kier alpha value is -1.14. The molecule has 16 heavy (non-hydrogen) atoms. The molecule has 0 unspecified atom stereocenters. The molecule has 1 aromatic carbocycles. The summed E-state index contributed by atoms with van der Waals surface area (Å²) in [5.41, 5.74) is 7.58. The first-order valence-corrected chi connectivity index (χ1v) is 6.34. The monoisotopic (exact) mass is 234 g/mol. The van der Waals surface area contributed by atoms with Gasteiger partial charge in [-0.1, -0.05) is 6.07 Å². The molecule has 0 heterocycles. The number of rotatable bonds is 4. The van der Waals surface area contributed by atoms with Gasteiger partial charge in [0.1, 0.15) is 0 Å². The van der Waals surface area contributed by atoms with E-state index in [-0.39, 0.29) is 5.41 Å². The van der Waals surface area contributed by atoms with Gasteiger partial charge in [-0.2, -0.15) is 5.26 Å². The molecule has 0 bridgehead atoms. The van der Waals surface area contributed by atoms with Crippen molar-refractivity contribution in [2.75, 3.05) is 11.5 Å². The van der Waals surface area contributed by atoms with E-state index >= 15 is 0 Å². The molecule has 86 valence electrons. The Morgan fingerprint density at radius 2 is 2.12 bits per heavy atom. The summed E-state index contributed by atoms with van der Waals surface area (Å²) in [7, 11) is 0. The van der Waals surface area contributed by atoms with E-state index in [0.717, 1.165) is 23.4 Å². The van der Waals surface area contributed by atoms with Gasteiger partial charge in [0, 0.05) is 10.6 Å². The van der Waals surface area contributed by atoms with Gasteiger partial charge >= 0.3 is 0 Å². The Labute approximate surface area is 102 Å². The van der Waals surface area contributed by atoms with Crippen LogP contribution in [-0.2, 0) is 0 Å². The number of nitriles is 1. The van der Waals surface area contributed by atoms with Gasteiger partial charge in [0.15, 0.2) is 0 Å². The van der Waals surface area contributed by atoms with E-state index in [4.69, 9.17) is 11.0 Å². The molecule has 1 aromatic rings. The maximum absolute atomic E-state index is 8.91. The third-order valence-corrected chi connectivity index (χ3v) is 3.77. The number of nitrogens with two attached hydrogens (primary N) is 1. The molecule has 0 atom stereocenters. The Balaban J connectivity index is 2.57. The van der Waals surface area contributed by atoms with Crippen molar-refractivity contribution >= 4 is 17.4 Å². The number of hydrogen-bond acceptors (Lipinski definition) is 3. The molecule has 0 amide bonds. The van der Waals surface area contributed by atoms with Gasteiger partial charge in [-0.3, -0.25) is 0 Å². The summed E-state index contributed by atoms with van der Waals surface area (Å²) in [5, 5.41) is 8.91. The fourth-order valence-corrected chi connectivity index (χ4v) is 2.60. The van der Waals surface area contributed by atoms with E-state index in [1.165, 1.54) is 4.90 Å². The zero-order chi connectivity index (χ0) is 12.2. The lowest BCUT2D eigenvalue weighted by Crippen LogP contribution is -2.08. The molecular weight excluding hydrogens is 216 g/mol. The molecule has 0 aromatic heterocycles. The van der Waals surface area contributed by atoms with Crippen molar-refractivity contribution in [1.82, 2.24) is 0 Å². The number of benzene rings is 1. The molecular formula is C13H18N2S. The quantitative estimate of drug-likeness (QED) is 0.639. The van der Waals surface area contributed by atoms with Gasteiger partial charge in [-0.15, -0.1) is 11.8 Å². The lowest BCUT2D eigenvalue weighted by Gasteiger charge is -2.15. The summed E-state index contributed by atoms with van der Waals surface area (Å²) in [6.07, 6.45) is 0.891. The molecule has 0 aliphatic rings. The second kappa shape index (κ2) is 5.27. The van der Waals surface area contributed by atoms with Crippen molar-refractivity contribution in [2.45, 2.75) is 32.1 Å². The predicted molar refractivity (Wildman–Crippen MR) is 70.3 cm³/mol. The van der Waals surface area contributed by atoms with Crippen LogP contribution in [0.25, 0.3) is 0 Å². The van der Waals surface area contributed by atoms with Gasteiger partial charge in [0.25, 0.3) is 0 Å². The van der Waals surface area contributed by atoms with Crippen LogP contribution in [0.15, 0.2) is 23.1 Å². The first-order chi connectivity index (χ1) is 7.46. The highest BCUT2D eigenvalue weighted by atomic mass is 32.2. The van der Waals surface area contributed by atoms with Crippen LogP contribution in [0.4, 0.5) is 5.69 Å². The molecule has 0 spiro atoms. The second-order valence-electron chi connectivity index (χ2n) is 4.56. The highest BCUT2D eigenvalue weighted by Gasteiger charge is 2.16. The van der Waals surface area contributed by atoms with Gasteiger partial charge in [0.2, 0.25) is 0 Å². The molecule has 0 aliphatic heterocycles. The molecule has 2 nitrogen and oxygen atoms in total. The van der Waals surface area contributed by atoms with E-state index in [1.807, 2.05) is 32.9 Å². The van der Waals surface area contributed by atoms with Crippen molar-refractivity contribution in [3.8, 4) is 6.07 Å². The Morgan fingerprint density at radius 3 is 2.75 bits per heavy atom. The van der Waals surface area contributed by atoms with E-state index in [2.05, 4.69) is 12.1 Å². The lowest BCUT2D eigenvalue weighted by molar-refractivity contribution is 0.482. The Morgan fingerprint density at radius 1 is 1.44 bits per heavy atom. The van der Waals surface area contributed by atoms with E-state index in [9.17, 15) is 0 Å². The minimum atomic E-state index is -0.235. The number of thioether (sulfide) groups is 1. The number of hydrogen-bond donors (Lipinski definition) is 1. The number of nitrogen functional groups attached to an aromatic ring is 1. The largest absolute Gasteiger partial charge is 0.398 e. The summed E-state index contributed by atoms with van der Waals surface area (Å²) in [5.74, 6) is 0.949. The first kappa shape index (κ1) is 12.9. The SMILES string of the molecule is Cc1c(N)cccc1SCCC(C)(C)C#N. The molecule has 0 saturated carbocycles. The van der Waals surface area contributed by atoms with Gasteiger partial charge < -0.3 is 5.73 Å². The zero-order valence-electron chi connectivity index (χ0n) is 10.1. The van der Waals surface area contributed by atoms with Crippen LogP contribution in [-0.4, -0.2) is 5.75 Å². The molecule has 1 rings (SSSR count). The van der Waals surface area contributed by atoms with Crippen LogP contribution in [0.5, 0.6) is 0 Å². The number of anilines is 1. The van der Waals surface area contributed by atoms with E-state index in [0.29, 0.717) is 0 Å². The van der Waals surface area contributed by atoms with Crippen LogP contribution in [0.1, 0.15) is 25.8 Å². The van der Waals surface area contributed by atoms with Crippen molar-refractivity contribution in [1.29, 1.82) is 5.26 Å². The average Bonchev–Trinajstić information content (AvgIpc) is 2.24. The molecule has 2 N–H and O–H groups in total. The number of nitrogens with zero attached hydrogens (tertiary/aromatic N) is 1. The third-order valence-electron chi connectivity index (χ3n) is 2.61. The molecule has 0 radical (unpaired) electrons. The maximum Gasteiger partial charge on any atom is 0.0684 e. The topological polar surface area (TPSA) is 49.8 Å². The van der Waals surface area contributed by atoms with Crippen molar-refractivity contribution in [3.05, 3.63) is 23.8 Å². The smallest absolute Gasteiger partial charge is 0.0684 e. The van der Waals surface area contributed by atoms with Crippen molar-refractivity contribution < 1.29 is 0 Å². The molecule has 0 aliphatic carbocycles. The minimum Gasteiger partial charge on any atom is -0.398 e. The summed E-state index contributed by atoms with van der Waals surface area (Å²) < 4.78 is 0. The van der Waals surface area contributed by atoms with E-state index in [1.54, 1.807) is 11.8 Å². The van der Waals surface area contributed by atoms with Gasteiger partial charge in [-0.05, 0) is 50.6 Å². The van der Waals surface area contributed by atoms with Crippen LogP contribution < -0.4 is 5.73 Å². The van der Waals surface area contributed by atoms with Crippen LogP contribution in [0.3, 0.4) is 0 Å². The fourth-order valence-electron chi connectivity index (χ4n) is 1.26. The highest BCUT2D eigenvalue weighted by Crippen LogP contribution is 2.29. The highest BCUT2D eigenvalue weighted by molar-refractivity contribution is 7.99. The molecule has 0 saturated heterocycles. The Kier molecular flexibility index (Phi) is 4.26. The van der Waals surface area contributed by atoms with Crippen molar-refractivity contribution in [2.24, 2.45) is 5.41 Å². The Bertz CT molecular complexity index is 405. The van der Waals surface area contributed by atoms with Crippen molar-refractivity contribution in [3.63, 3.8) is 0 Å². The van der Waals surface area contributed by atoms with Gasteiger partial charge in [-0.25, -0.2) is 0 Å². The summed E-state index contributed by atoms with van der Waals surface area (Å²) in [4.78, 5) is 1.22. The third kappa shape index (κ3) is 3.46. The van der Waals surface area contributed by atoms with Crippen LogP contribution >= 0.6 is 11.8 Å². The molecule has 0 fully saturated rings. The second-order valence-corrected chi connectivity index (χ2v) is 5.70. The minimum absolute atomic E-state index is 0.235. The lowest BCUT2D eigenvalue weighted by atomic mass is 9.93. The normalized spacial score (nSPS) is 11.1. The fraction of sp³-hybridized carbons (Fsp3) is 0.462. The summed E-state index contributed by atoms with van der Waals surface area (Å²) >= 11 is 1.77. The van der Waals surface area contributed by atoms with Crippen LogP contribution in [0, 0.1) is 23.7 Å². The predicted octanol–water partition coefficient (Wildman–Crippen LogP) is 3.61. The first-order valence-electron chi connectivity index (χ1n) is 5.35. The zero-order valence-corrected chi connectivity index (χ0v) is 10.9. The molecule has 3 heteroatoms. The maximum atomic E-state index is 8.91. The van der Waals surface area contributed by atoms with Gasteiger partial charge in [0.05, 0.1) is 11.5 Å². The summed E-state index contributed by atoms with van der Waals surface area (Å²) in [6.45, 7) is 5.98. The summed E-state index contributed by atoms with van der Waals surface area (Å²) in [6, 6.07) is 8.28. The standard InChI is InChI=1S/C13H18N2S/c1-10-11(15)5-4-6-12(10)16-8-7-13(2,3)9-14/h4-6H,7-8,15H2,1-3H3. The van der Waals surface area contributed by atoms with Crippen LogP contribution in [0.2, 0.25) is 0 Å². The van der Waals surface area contributed by atoms with E-state index < -0.39 is 0 Å². The average molecular weight is 234 g/mol.